The molecule has 0 atom stereocenters. The van der Waals surface area contributed by atoms with E-state index in [-0.39, 0.29) is 10.7 Å². The Bertz CT molecular complexity index is 539. The Hall–Kier alpha value is -1.12. The van der Waals surface area contributed by atoms with Gasteiger partial charge in [0.15, 0.2) is 5.82 Å². The van der Waals surface area contributed by atoms with E-state index in [1.807, 2.05) is 32.8 Å². The lowest BCUT2D eigenvalue weighted by Gasteiger charge is -2.20. The van der Waals surface area contributed by atoms with E-state index in [1.54, 1.807) is 4.68 Å². The molecule has 7 nitrogen and oxygen atoms in total. The van der Waals surface area contributed by atoms with Crippen molar-refractivity contribution in [3.8, 4) is 0 Å². The second kappa shape index (κ2) is 7.77. The lowest BCUT2D eigenvalue weighted by Crippen LogP contribution is -2.33. The van der Waals surface area contributed by atoms with Gasteiger partial charge in [-0.05, 0) is 33.5 Å². The average Bonchev–Trinajstić information content (AvgIpc) is 2.76. The molecule has 2 N–H and O–H groups in total. The summed E-state index contributed by atoms with van der Waals surface area (Å²) in [5, 5.41) is 4.07. The number of anilines is 1. The number of rotatable bonds is 9. The van der Waals surface area contributed by atoms with Crippen LogP contribution in [0.25, 0.3) is 0 Å². The second-order valence-electron chi connectivity index (χ2n) is 5.30. The summed E-state index contributed by atoms with van der Waals surface area (Å²) in [7, 11) is 0.369. The van der Waals surface area contributed by atoms with Crippen LogP contribution in [0.2, 0.25) is 0 Å². The van der Waals surface area contributed by atoms with Crippen molar-refractivity contribution < 1.29 is 8.42 Å². The van der Waals surface area contributed by atoms with Crippen molar-refractivity contribution in [3.05, 3.63) is 6.20 Å². The summed E-state index contributed by atoms with van der Waals surface area (Å²) in [6, 6.07) is 0. The van der Waals surface area contributed by atoms with Crippen molar-refractivity contribution in [1.82, 2.24) is 19.0 Å². The molecule has 0 fully saturated rings. The SMILES string of the molecule is CCCn1cc(S(=O)(=O)N(CC)CCCN(C)C)c(N)n1. The molecule has 0 amide bonds. The van der Waals surface area contributed by atoms with E-state index in [2.05, 4.69) is 5.10 Å². The zero-order valence-electron chi connectivity index (χ0n) is 13.4. The molecule has 0 aliphatic carbocycles. The quantitative estimate of drug-likeness (QED) is 0.729. The lowest BCUT2D eigenvalue weighted by molar-refractivity contribution is 0.356. The van der Waals surface area contributed by atoms with Crippen molar-refractivity contribution in [1.29, 1.82) is 0 Å². The molecule has 0 spiro atoms. The van der Waals surface area contributed by atoms with Gasteiger partial charge in [-0.15, -0.1) is 0 Å². The van der Waals surface area contributed by atoms with Crippen LogP contribution in [-0.4, -0.2) is 61.1 Å². The number of nitrogen functional groups attached to an aromatic ring is 1. The van der Waals surface area contributed by atoms with Gasteiger partial charge in [0.25, 0.3) is 0 Å². The maximum atomic E-state index is 12.7. The molecule has 21 heavy (non-hydrogen) atoms. The predicted octanol–water partition coefficient (Wildman–Crippen LogP) is 0.838. The van der Waals surface area contributed by atoms with Crippen molar-refractivity contribution >= 4 is 15.8 Å². The number of hydrogen-bond acceptors (Lipinski definition) is 5. The van der Waals surface area contributed by atoms with E-state index in [1.165, 1.54) is 10.5 Å². The summed E-state index contributed by atoms with van der Waals surface area (Å²) in [6.07, 6.45) is 3.19. The molecule has 0 unspecified atom stereocenters. The van der Waals surface area contributed by atoms with Crippen LogP contribution in [0.1, 0.15) is 26.7 Å². The Labute approximate surface area is 127 Å². The van der Waals surface area contributed by atoms with E-state index in [0.717, 1.165) is 19.4 Å². The van der Waals surface area contributed by atoms with E-state index < -0.39 is 10.0 Å². The molecule has 0 radical (unpaired) electrons. The van der Waals surface area contributed by atoms with Crippen molar-refractivity contribution in [3.63, 3.8) is 0 Å². The summed E-state index contributed by atoms with van der Waals surface area (Å²) in [5.41, 5.74) is 5.78. The molecule has 122 valence electrons. The van der Waals surface area contributed by atoms with Gasteiger partial charge >= 0.3 is 0 Å². The summed E-state index contributed by atoms with van der Waals surface area (Å²) in [6.45, 7) is 6.25. The first-order valence-electron chi connectivity index (χ1n) is 7.30. The summed E-state index contributed by atoms with van der Waals surface area (Å²) in [4.78, 5) is 2.15. The first kappa shape index (κ1) is 17.9. The van der Waals surface area contributed by atoms with Gasteiger partial charge in [-0.3, -0.25) is 4.68 Å². The fourth-order valence-corrected chi connectivity index (χ4v) is 3.66. The van der Waals surface area contributed by atoms with Crippen LogP contribution < -0.4 is 5.73 Å². The topological polar surface area (TPSA) is 84.5 Å². The van der Waals surface area contributed by atoms with Crippen LogP contribution in [0.4, 0.5) is 5.82 Å². The molecular weight excluding hydrogens is 290 g/mol. The van der Waals surface area contributed by atoms with Gasteiger partial charge in [0.2, 0.25) is 10.0 Å². The number of aromatic nitrogens is 2. The fourth-order valence-electron chi connectivity index (χ4n) is 2.11. The normalized spacial score (nSPS) is 12.5. The first-order chi connectivity index (χ1) is 9.82. The van der Waals surface area contributed by atoms with Crippen molar-refractivity contribution in [2.75, 3.05) is 39.5 Å². The molecule has 0 aromatic carbocycles. The molecule has 1 heterocycles. The zero-order valence-corrected chi connectivity index (χ0v) is 14.2. The standard InChI is InChI=1S/C13H27N5O2S/c1-5-8-17-11-12(13(14)15-17)21(19,20)18(6-2)10-7-9-16(3)4/h11H,5-10H2,1-4H3,(H2,14,15). The predicted molar refractivity (Wildman–Crippen MR) is 84.5 cm³/mol. The maximum Gasteiger partial charge on any atom is 0.248 e. The number of sulfonamides is 1. The van der Waals surface area contributed by atoms with Crippen LogP contribution >= 0.6 is 0 Å². The first-order valence-corrected chi connectivity index (χ1v) is 8.74. The minimum absolute atomic E-state index is 0.0782. The third-order valence-electron chi connectivity index (χ3n) is 3.19. The third-order valence-corrected chi connectivity index (χ3v) is 5.18. The molecule has 0 saturated carbocycles. The maximum absolute atomic E-state index is 12.7. The van der Waals surface area contributed by atoms with E-state index in [9.17, 15) is 8.42 Å². The summed E-state index contributed by atoms with van der Waals surface area (Å²) in [5.74, 6) is 0.0782. The molecular formula is C13H27N5O2S. The molecule has 0 saturated heterocycles. The van der Waals surface area contributed by atoms with Gasteiger partial charge in [0, 0.05) is 25.8 Å². The average molecular weight is 317 g/mol. The molecule has 0 bridgehead atoms. The van der Waals surface area contributed by atoms with E-state index >= 15 is 0 Å². The third kappa shape index (κ3) is 4.69. The van der Waals surface area contributed by atoms with E-state index in [4.69, 9.17) is 5.73 Å². The largest absolute Gasteiger partial charge is 0.381 e. The van der Waals surface area contributed by atoms with Crippen LogP contribution in [0.15, 0.2) is 11.1 Å². The van der Waals surface area contributed by atoms with E-state index in [0.29, 0.717) is 19.6 Å². The Morgan fingerprint density at radius 3 is 2.48 bits per heavy atom. The highest BCUT2D eigenvalue weighted by atomic mass is 32.2. The molecule has 1 aromatic rings. The van der Waals surface area contributed by atoms with Crippen LogP contribution in [-0.2, 0) is 16.6 Å². The Morgan fingerprint density at radius 1 is 1.29 bits per heavy atom. The smallest absolute Gasteiger partial charge is 0.248 e. The van der Waals surface area contributed by atoms with Gasteiger partial charge in [-0.1, -0.05) is 13.8 Å². The van der Waals surface area contributed by atoms with Crippen LogP contribution in [0, 0.1) is 0 Å². The van der Waals surface area contributed by atoms with Crippen LogP contribution in [0.5, 0.6) is 0 Å². The molecule has 0 aliphatic heterocycles. The number of nitrogens with two attached hydrogens (primary N) is 1. The molecule has 1 aromatic heterocycles. The molecule has 0 aliphatic rings. The highest BCUT2D eigenvalue weighted by molar-refractivity contribution is 7.89. The van der Waals surface area contributed by atoms with Gasteiger partial charge in [-0.2, -0.15) is 9.40 Å². The van der Waals surface area contributed by atoms with Gasteiger partial charge < -0.3 is 10.6 Å². The van der Waals surface area contributed by atoms with Crippen molar-refractivity contribution in [2.45, 2.75) is 38.1 Å². The molecule has 8 heteroatoms. The Morgan fingerprint density at radius 2 is 1.95 bits per heavy atom. The zero-order chi connectivity index (χ0) is 16.0. The Balaban J connectivity index is 2.91. The summed E-state index contributed by atoms with van der Waals surface area (Å²) >= 11 is 0. The van der Waals surface area contributed by atoms with Gasteiger partial charge in [-0.25, -0.2) is 8.42 Å². The number of hydrogen-bond donors (Lipinski definition) is 1. The second-order valence-corrected chi connectivity index (χ2v) is 7.20. The number of aryl methyl sites for hydroxylation is 1. The number of nitrogens with zero attached hydrogens (tertiary/aromatic N) is 4. The minimum atomic E-state index is -3.57. The van der Waals surface area contributed by atoms with Crippen molar-refractivity contribution in [2.24, 2.45) is 0 Å². The highest BCUT2D eigenvalue weighted by Gasteiger charge is 2.27. The molecule has 1 rings (SSSR count). The summed E-state index contributed by atoms with van der Waals surface area (Å²) < 4.78 is 28.4. The monoisotopic (exact) mass is 317 g/mol. The highest BCUT2D eigenvalue weighted by Crippen LogP contribution is 2.21. The van der Waals surface area contributed by atoms with Gasteiger partial charge in [0.1, 0.15) is 4.90 Å². The van der Waals surface area contributed by atoms with Crippen LogP contribution in [0.3, 0.4) is 0 Å². The fraction of sp³-hybridized carbons (Fsp3) is 0.769. The minimum Gasteiger partial charge on any atom is -0.381 e. The lowest BCUT2D eigenvalue weighted by atomic mass is 10.4. The Kier molecular flexibility index (Phi) is 6.63. The van der Waals surface area contributed by atoms with Gasteiger partial charge in [0.05, 0.1) is 0 Å².